The van der Waals surface area contributed by atoms with Gasteiger partial charge in [-0.2, -0.15) is 0 Å². The van der Waals surface area contributed by atoms with Crippen LogP contribution in [0.5, 0.6) is 5.75 Å². The maximum absolute atomic E-state index is 11.3. The highest BCUT2D eigenvalue weighted by molar-refractivity contribution is 5.23. The van der Waals surface area contributed by atoms with Gasteiger partial charge in [0.05, 0.1) is 0 Å². The van der Waals surface area contributed by atoms with Crippen molar-refractivity contribution in [2.75, 3.05) is 6.61 Å². The van der Waals surface area contributed by atoms with Crippen molar-refractivity contribution < 1.29 is 4.74 Å². The number of aromatic nitrogens is 1. The van der Waals surface area contributed by atoms with Gasteiger partial charge in [-0.3, -0.25) is 4.79 Å². The lowest BCUT2D eigenvalue weighted by atomic mass is 10.3. The van der Waals surface area contributed by atoms with E-state index in [-0.39, 0.29) is 12.2 Å². The Morgan fingerprint density at radius 1 is 1.62 bits per heavy atom. The van der Waals surface area contributed by atoms with E-state index < -0.39 is 0 Å². The van der Waals surface area contributed by atoms with Crippen LogP contribution in [0.25, 0.3) is 0 Å². The van der Waals surface area contributed by atoms with Gasteiger partial charge >= 0.3 is 0 Å². The molecule has 1 aromatic heterocycles. The highest BCUT2D eigenvalue weighted by Crippen LogP contribution is 2.08. The van der Waals surface area contributed by atoms with E-state index in [0.29, 0.717) is 5.75 Å². The van der Waals surface area contributed by atoms with E-state index in [1.54, 1.807) is 17.7 Å². The molecule has 0 N–H and O–H groups in total. The molecule has 0 fully saturated rings. The van der Waals surface area contributed by atoms with Crippen LogP contribution in [0, 0.1) is 19.3 Å². The van der Waals surface area contributed by atoms with Crippen LogP contribution in [0.2, 0.25) is 0 Å². The van der Waals surface area contributed by atoms with Crippen LogP contribution in [0.3, 0.4) is 0 Å². The molecule has 0 bridgehead atoms. The standard InChI is InChI=1S/C10H11NO2/c1-4-5-13-9-6-8(2)11(3)10(12)7-9/h1,6-7H,5H2,2-3H3. The van der Waals surface area contributed by atoms with E-state index in [2.05, 4.69) is 5.92 Å². The van der Waals surface area contributed by atoms with Crippen LogP contribution in [-0.2, 0) is 7.05 Å². The van der Waals surface area contributed by atoms with Gasteiger partial charge in [0.25, 0.3) is 5.56 Å². The molecule has 1 rings (SSSR count). The summed E-state index contributed by atoms with van der Waals surface area (Å²) >= 11 is 0. The highest BCUT2D eigenvalue weighted by atomic mass is 16.5. The first-order valence-electron chi connectivity index (χ1n) is 3.89. The molecule has 13 heavy (non-hydrogen) atoms. The molecule has 3 nitrogen and oxygen atoms in total. The lowest BCUT2D eigenvalue weighted by Gasteiger charge is -2.06. The fraction of sp³-hybridized carbons (Fsp3) is 0.300. The molecule has 0 saturated heterocycles. The van der Waals surface area contributed by atoms with E-state index >= 15 is 0 Å². The maximum atomic E-state index is 11.3. The molecule has 0 amide bonds. The third kappa shape index (κ3) is 2.12. The zero-order valence-electron chi connectivity index (χ0n) is 7.70. The predicted molar refractivity (Wildman–Crippen MR) is 50.7 cm³/mol. The van der Waals surface area contributed by atoms with Crippen LogP contribution < -0.4 is 10.3 Å². The summed E-state index contributed by atoms with van der Waals surface area (Å²) < 4.78 is 6.67. The highest BCUT2D eigenvalue weighted by Gasteiger charge is 1.99. The Hall–Kier alpha value is -1.69. The molecule has 1 heterocycles. The molecule has 0 unspecified atom stereocenters. The topological polar surface area (TPSA) is 31.2 Å². The van der Waals surface area contributed by atoms with Crippen molar-refractivity contribution in [1.29, 1.82) is 0 Å². The molecule has 1 aromatic rings. The monoisotopic (exact) mass is 177 g/mol. The fourth-order valence-corrected chi connectivity index (χ4v) is 0.945. The molecule has 0 aliphatic heterocycles. The lowest BCUT2D eigenvalue weighted by Crippen LogP contribution is -2.17. The molecular weight excluding hydrogens is 166 g/mol. The number of pyridine rings is 1. The average molecular weight is 177 g/mol. The first kappa shape index (κ1) is 9.40. The van der Waals surface area contributed by atoms with Gasteiger partial charge in [-0.15, -0.1) is 6.42 Å². The third-order valence-corrected chi connectivity index (χ3v) is 1.80. The lowest BCUT2D eigenvalue weighted by molar-refractivity contribution is 0.368. The van der Waals surface area contributed by atoms with Crippen molar-refractivity contribution in [2.45, 2.75) is 6.92 Å². The van der Waals surface area contributed by atoms with Crippen LogP contribution in [0.4, 0.5) is 0 Å². The average Bonchev–Trinajstić information content (AvgIpc) is 2.10. The number of hydrogen-bond donors (Lipinski definition) is 0. The first-order chi connectivity index (χ1) is 6.15. The number of terminal acetylenes is 1. The van der Waals surface area contributed by atoms with Crippen molar-refractivity contribution >= 4 is 0 Å². The summed E-state index contributed by atoms with van der Waals surface area (Å²) in [6, 6.07) is 3.20. The second-order valence-corrected chi connectivity index (χ2v) is 2.72. The Labute approximate surface area is 77.0 Å². The molecule has 0 aliphatic rings. The Balaban J connectivity index is 3.01. The molecule has 0 atom stereocenters. The normalized spacial score (nSPS) is 9.31. The van der Waals surface area contributed by atoms with Gasteiger partial charge in [0, 0.05) is 18.8 Å². The number of nitrogens with zero attached hydrogens (tertiary/aromatic N) is 1. The smallest absolute Gasteiger partial charge is 0.254 e. The largest absolute Gasteiger partial charge is 0.481 e. The number of ether oxygens (including phenoxy) is 1. The van der Waals surface area contributed by atoms with Crippen LogP contribution in [-0.4, -0.2) is 11.2 Å². The van der Waals surface area contributed by atoms with E-state index in [1.807, 2.05) is 6.92 Å². The molecule has 0 aromatic carbocycles. The van der Waals surface area contributed by atoms with Crippen molar-refractivity contribution in [3.05, 3.63) is 28.2 Å². The van der Waals surface area contributed by atoms with Gasteiger partial charge in [-0.1, -0.05) is 5.92 Å². The second kappa shape index (κ2) is 3.81. The minimum Gasteiger partial charge on any atom is -0.481 e. The number of aryl methyl sites for hydroxylation is 1. The SMILES string of the molecule is C#CCOc1cc(C)n(C)c(=O)c1. The molecular formula is C10H11NO2. The molecule has 0 spiro atoms. The Morgan fingerprint density at radius 2 is 2.31 bits per heavy atom. The quantitative estimate of drug-likeness (QED) is 0.623. The van der Waals surface area contributed by atoms with E-state index in [1.165, 1.54) is 6.07 Å². The summed E-state index contributed by atoms with van der Waals surface area (Å²) in [6.07, 6.45) is 5.02. The fourth-order valence-electron chi connectivity index (χ4n) is 0.945. The maximum Gasteiger partial charge on any atom is 0.254 e. The molecule has 3 heteroatoms. The van der Waals surface area contributed by atoms with Crippen molar-refractivity contribution in [3.63, 3.8) is 0 Å². The Morgan fingerprint density at radius 3 is 2.85 bits per heavy atom. The van der Waals surface area contributed by atoms with Crippen LogP contribution in [0.15, 0.2) is 16.9 Å². The van der Waals surface area contributed by atoms with Gasteiger partial charge in [-0.25, -0.2) is 0 Å². The summed E-state index contributed by atoms with van der Waals surface area (Å²) in [5.74, 6) is 2.87. The Kier molecular flexibility index (Phi) is 2.76. The zero-order chi connectivity index (χ0) is 9.84. The van der Waals surface area contributed by atoms with Gasteiger partial charge < -0.3 is 9.30 Å². The van der Waals surface area contributed by atoms with Gasteiger partial charge in [0.2, 0.25) is 0 Å². The molecule has 0 saturated carbocycles. The molecule has 0 radical (unpaired) electrons. The van der Waals surface area contributed by atoms with Gasteiger partial charge in [0.15, 0.2) is 0 Å². The third-order valence-electron chi connectivity index (χ3n) is 1.80. The first-order valence-corrected chi connectivity index (χ1v) is 3.89. The summed E-state index contributed by atoms with van der Waals surface area (Å²) in [5, 5.41) is 0. The predicted octanol–water partition coefficient (Wildman–Crippen LogP) is 0.706. The van der Waals surface area contributed by atoms with E-state index in [9.17, 15) is 4.79 Å². The van der Waals surface area contributed by atoms with Crippen molar-refractivity contribution in [1.82, 2.24) is 4.57 Å². The zero-order valence-corrected chi connectivity index (χ0v) is 7.70. The number of rotatable bonds is 2. The van der Waals surface area contributed by atoms with Crippen LogP contribution >= 0.6 is 0 Å². The van der Waals surface area contributed by atoms with Gasteiger partial charge in [-0.05, 0) is 13.0 Å². The summed E-state index contributed by atoms with van der Waals surface area (Å²) in [4.78, 5) is 11.3. The van der Waals surface area contributed by atoms with E-state index in [0.717, 1.165) is 5.69 Å². The Bertz CT molecular complexity index is 398. The minimum atomic E-state index is -0.0907. The van der Waals surface area contributed by atoms with Crippen molar-refractivity contribution in [2.24, 2.45) is 7.05 Å². The minimum absolute atomic E-state index is 0.0907. The molecule has 0 aliphatic carbocycles. The van der Waals surface area contributed by atoms with E-state index in [4.69, 9.17) is 11.2 Å². The summed E-state index contributed by atoms with van der Waals surface area (Å²) in [6.45, 7) is 2.02. The summed E-state index contributed by atoms with van der Waals surface area (Å²) in [7, 11) is 1.71. The number of hydrogen-bond acceptors (Lipinski definition) is 2. The van der Waals surface area contributed by atoms with Gasteiger partial charge in [0.1, 0.15) is 12.4 Å². The summed E-state index contributed by atoms with van der Waals surface area (Å²) in [5.41, 5.74) is 0.756. The molecule has 68 valence electrons. The van der Waals surface area contributed by atoms with Crippen molar-refractivity contribution in [3.8, 4) is 18.1 Å². The second-order valence-electron chi connectivity index (χ2n) is 2.72. The van der Waals surface area contributed by atoms with Crippen LogP contribution in [0.1, 0.15) is 5.69 Å².